The molecule has 3 amide bonds. The Bertz CT molecular complexity index is 1010. The highest BCUT2D eigenvalue weighted by atomic mass is 35.5. The first-order valence-corrected chi connectivity index (χ1v) is 13.4. The van der Waals surface area contributed by atoms with E-state index in [9.17, 15) is 9.59 Å². The van der Waals surface area contributed by atoms with Gasteiger partial charge in [-0.15, -0.1) is 0 Å². The van der Waals surface area contributed by atoms with E-state index in [1.165, 1.54) is 24.6 Å². The zero-order valence-electron chi connectivity index (χ0n) is 20.0. The molecule has 2 fully saturated rings. The van der Waals surface area contributed by atoms with Gasteiger partial charge in [0, 0.05) is 50.5 Å². The summed E-state index contributed by atoms with van der Waals surface area (Å²) in [5.41, 5.74) is 0.775. The molecule has 11 heteroatoms. The number of amides is 3. The number of likely N-dealkylation sites (tertiary alicyclic amines) is 1. The Morgan fingerprint density at radius 3 is 2.63 bits per heavy atom. The number of halogens is 1. The molecule has 2 N–H and O–H groups in total. The average molecular weight is 518 g/mol. The Labute approximate surface area is 215 Å². The summed E-state index contributed by atoms with van der Waals surface area (Å²) in [5.74, 6) is 0.909. The molecule has 1 aromatic heterocycles. The second kappa shape index (κ2) is 12.4. The number of hydrogen-bond donors (Lipinski definition) is 2. The van der Waals surface area contributed by atoms with Gasteiger partial charge in [-0.2, -0.15) is 0 Å². The van der Waals surface area contributed by atoms with Crippen molar-refractivity contribution in [1.82, 2.24) is 25.1 Å². The van der Waals surface area contributed by atoms with Crippen LogP contribution < -0.4 is 15.5 Å². The summed E-state index contributed by atoms with van der Waals surface area (Å²) in [6.45, 7) is 7.61. The first-order valence-electron chi connectivity index (χ1n) is 12.0. The molecular formula is C24H32ClN7O2S. The van der Waals surface area contributed by atoms with Crippen LogP contribution >= 0.6 is 23.4 Å². The fourth-order valence-electron chi connectivity index (χ4n) is 4.34. The number of nitrogens with one attached hydrogen (secondary N) is 2. The number of hydrogen-bond acceptors (Lipinski definition) is 7. The Morgan fingerprint density at radius 2 is 1.89 bits per heavy atom. The minimum absolute atomic E-state index is 0.0151. The number of nitrogens with zero attached hydrogens (tertiary/aromatic N) is 5. The van der Waals surface area contributed by atoms with Crippen molar-refractivity contribution in [2.45, 2.75) is 31.0 Å². The number of rotatable bonds is 8. The predicted octanol–water partition coefficient (Wildman–Crippen LogP) is 3.18. The van der Waals surface area contributed by atoms with Gasteiger partial charge < -0.3 is 25.3 Å². The van der Waals surface area contributed by atoms with Crippen LogP contribution in [-0.4, -0.2) is 89.3 Å². The van der Waals surface area contributed by atoms with Crippen LogP contribution in [-0.2, 0) is 4.79 Å². The maximum absolute atomic E-state index is 12.7. The molecule has 1 aromatic carbocycles. The third kappa shape index (κ3) is 7.46. The van der Waals surface area contributed by atoms with Crippen molar-refractivity contribution < 1.29 is 9.59 Å². The maximum Gasteiger partial charge on any atom is 0.322 e. The van der Waals surface area contributed by atoms with E-state index in [-0.39, 0.29) is 23.7 Å². The van der Waals surface area contributed by atoms with Gasteiger partial charge >= 0.3 is 6.03 Å². The molecule has 9 nitrogen and oxygen atoms in total. The van der Waals surface area contributed by atoms with Crippen molar-refractivity contribution in [3.8, 4) is 0 Å². The summed E-state index contributed by atoms with van der Waals surface area (Å²) < 4.78 is 0. The summed E-state index contributed by atoms with van der Waals surface area (Å²) in [4.78, 5) is 40.2. The van der Waals surface area contributed by atoms with Crippen molar-refractivity contribution in [3.63, 3.8) is 0 Å². The molecule has 0 spiro atoms. The van der Waals surface area contributed by atoms with Gasteiger partial charge in [-0.25, -0.2) is 14.8 Å². The summed E-state index contributed by atoms with van der Waals surface area (Å²) in [7, 11) is 0. The Morgan fingerprint density at radius 1 is 1.11 bits per heavy atom. The minimum atomic E-state index is -0.115. The van der Waals surface area contributed by atoms with Gasteiger partial charge in [0.25, 0.3) is 0 Å². The number of carbonyl (C=O) groups excluding carboxylic acids is 2. The lowest BCUT2D eigenvalue weighted by molar-refractivity contribution is -0.118. The minimum Gasteiger partial charge on any atom is -0.354 e. The number of carbonyl (C=O) groups is 2. The van der Waals surface area contributed by atoms with Crippen LogP contribution in [0.1, 0.15) is 19.8 Å². The van der Waals surface area contributed by atoms with Gasteiger partial charge in [0.05, 0.1) is 5.75 Å². The van der Waals surface area contributed by atoms with Crippen LogP contribution in [0.25, 0.3) is 0 Å². The first kappa shape index (κ1) is 25.5. The summed E-state index contributed by atoms with van der Waals surface area (Å²) in [6, 6.07) is 11.0. The topological polar surface area (TPSA) is 93.7 Å². The molecule has 1 unspecified atom stereocenters. The highest BCUT2D eigenvalue weighted by molar-refractivity contribution is 7.99. The molecule has 0 aliphatic carbocycles. The van der Waals surface area contributed by atoms with Crippen molar-refractivity contribution in [1.29, 1.82) is 0 Å². The van der Waals surface area contributed by atoms with Gasteiger partial charge in [0.1, 0.15) is 11.0 Å². The third-order valence-electron chi connectivity index (χ3n) is 6.18. The number of para-hydroxylation sites is 1. The van der Waals surface area contributed by atoms with Crippen molar-refractivity contribution >= 4 is 46.8 Å². The fourth-order valence-corrected chi connectivity index (χ4v) is 5.25. The molecule has 1 atom stereocenters. The Kier molecular flexibility index (Phi) is 9.06. The second-order valence-corrected chi connectivity index (χ2v) is 10.1. The van der Waals surface area contributed by atoms with E-state index >= 15 is 0 Å². The summed E-state index contributed by atoms with van der Waals surface area (Å²) >= 11 is 7.55. The van der Waals surface area contributed by atoms with Gasteiger partial charge in [-0.1, -0.05) is 41.6 Å². The van der Waals surface area contributed by atoms with E-state index in [0.717, 1.165) is 25.3 Å². The van der Waals surface area contributed by atoms with E-state index in [0.29, 0.717) is 42.3 Å². The number of urea groups is 1. The number of aromatic nitrogens is 2. The molecular weight excluding hydrogens is 486 g/mol. The lowest BCUT2D eigenvalue weighted by Crippen LogP contribution is -2.55. The van der Waals surface area contributed by atoms with Gasteiger partial charge in [0.2, 0.25) is 5.91 Å². The van der Waals surface area contributed by atoms with Crippen LogP contribution in [0.4, 0.5) is 16.3 Å². The Hall–Kier alpha value is -2.56. The molecule has 2 aliphatic heterocycles. The normalized spacial score (nSPS) is 18.5. The number of benzene rings is 1. The zero-order valence-corrected chi connectivity index (χ0v) is 21.5. The SMILES string of the molecule is CC1CN(c2cc(Cl)nc(SCC(=O)NCCN3CCCC3)n2)CCN1C(=O)Nc1ccccc1. The first-order chi connectivity index (χ1) is 17.0. The smallest absolute Gasteiger partial charge is 0.322 e. The van der Waals surface area contributed by atoms with Crippen molar-refractivity contribution in [2.24, 2.45) is 0 Å². The molecule has 4 rings (SSSR count). The quantitative estimate of drug-likeness (QED) is 0.315. The van der Waals surface area contributed by atoms with E-state index in [1.807, 2.05) is 42.2 Å². The monoisotopic (exact) mass is 517 g/mol. The highest BCUT2D eigenvalue weighted by Gasteiger charge is 2.28. The van der Waals surface area contributed by atoms with Crippen LogP contribution in [0, 0.1) is 0 Å². The molecule has 0 bridgehead atoms. The van der Waals surface area contributed by atoms with Gasteiger partial charge in [-0.05, 0) is 45.0 Å². The van der Waals surface area contributed by atoms with Gasteiger partial charge in [0.15, 0.2) is 5.16 Å². The largest absolute Gasteiger partial charge is 0.354 e. The fraction of sp³-hybridized carbons (Fsp3) is 0.500. The molecule has 0 radical (unpaired) electrons. The van der Waals surface area contributed by atoms with Crippen LogP contribution in [0.15, 0.2) is 41.6 Å². The van der Waals surface area contributed by atoms with Crippen molar-refractivity contribution in [3.05, 3.63) is 41.6 Å². The molecule has 188 valence electrons. The number of anilines is 2. The molecule has 2 saturated heterocycles. The standard InChI is InChI=1S/C24H32ClN7O2S/c1-18-16-31(13-14-32(18)24(34)27-19-7-3-2-4-8-19)21-15-20(25)28-23(29-21)35-17-22(33)26-9-12-30-10-5-6-11-30/h2-4,7-8,15,18H,5-6,9-14,16-17H2,1H3,(H,26,33)(H,27,34). The van der Waals surface area contributed by atoms with Crippen LogP contribution in [0.2, 0.25) is 5.15 Å². The molecule has 3 heterocycles. The van der Waals surface area contributed by atoms with E-state index in [2.05, 4.69) is 30.4 Å². The molecule has 2 aliphatic rings. The van der Waals surface area contributed by atoms with Gasteiger partial charge in [-0.3, -0.25) is 4.79 Å². The molecule has 0 saturated carbocycles. The lowest BCUT2D eigenvalue weighted by atomic mass is 10.2. The van der Waals surface area contributed by atoms with Crippen LogP contribution in [0.5, 0.6) is 0 Å². The van der Waals surface area contributed by atoms with Crippen LogP contribution in [0.3, 0.4) is 0 Å². The second-order valence-electron chi connectivity index (χ2n) is 8.80. The molecule has 35 heavy (non-hydrogen) atoms. The lowest BCUT2D eigenvalue weighted by Gasteiger charge is -2.40. The Balaban J connectivity index is 1.27. The predicted molar refractivity (Wildman–Crippen MR) is 140 cm³/mol. The van der Waals surface area contributed by atoms with E-state index in [1.54, 1.807) is 6.07 Å². The number of piperazine rings is 1. The van der Waals surface area contributed by atoms with E-state index < -0.39 is 0 Å². The summed E-state index contributed by atoms with van der Waals surface area (Å²) in [6.07, 6.45) is 2.49. The summed E-state index contributed by atoms with van der Waals surface area (Å²) in [5, 5.41) is 6.73. The molecule has 2 aromatic rings. The number of thioether (sulfide) groups is 1. The van der Waals surface area contributed by atoms with Crippen molar-refractivity contribution in [2.75, 3.05) is 61.8 Å². The third-order valence-corrected chi connectivity index (χ3v) is 7.22. The van der Waals surface area contributed by atoms with E-state index in [4.69, 9.17) is 11.6 Å². The average Bonchev–Trinajstić information content (AvgIpc) is 3.36. The zero-order chi connectivity index (χ0) is 24.6. The highest BCUT2D eigenvalue weighted by Crippen LogP contribution is 2.24. The maximum atomic E-state index is 12.7.